The van der Waals surface area contributed by atoms with Gasteiger partial charge in [-0.3, -0.25) is 9.80 Å². The highest BCUT2D eigenvalue weighted by Gasteiger charge is 2.39. The Kier molecular flexibility index (Phi) is 4.67. The van der Waals surface area contributed by atoms with Gasteiger partial charge in [-0.05, 0) is 42.5 Å². The summed E-state index contributed by atoms with van der Waals surface area (Å²) in [5.74, 6) is 0. The minimum absolute atomic E-state index is 0.651. The van der Waals surface area contributed by atoms with E-state index < -0.39 is 0 Å². The molecule has 1 aromatic rings. The summed E-state index contributed by atoms with van der Waals surface area (Å²) in [6.45, 7) is 11.1. The first kappa shape index (κ1) is 15.6. The Morgan fingerprint density at radius 1 is 0.826 bits per heavy atom. The highest BCUT2D eigenvalue weighted by Crippen LogP contribution is 2.35. The average Bonchev–Trinajstić information content (AvgIpc) is 2.57. The Balaban J connectivity index is 1.26. The number of rotatable bonds is 4. The lowest BCUT2D eigenvalue weighted by atomic mass is 9.73. The molecular formula is C19H29N3O. The maximum Gasteiger partial charge on any atom is 0.0594 e. The molecule has 3 fully saturated rings. The quantitative estimate of drug-likeness (QED) is 0.915. The number of hydrogen-bond acceptors (Lipinski definition) is 4. The van der Waals surface area contributed by atoms with E-state index in [1.807, 2.05) is 0 Å². The highest BCUT2D eigenvalue weighted by molar-refractivity contribution is 5.22. The number of hydrogen-bond donors (Lipinski definition) is 1. The van der Waals surface area contributed by atoms with Crippen molar-refractivity contribution in [2.24, 2.45) is 5.41 Å². The van der Waals surface area contributed by atoms with E-state index in [9.17, 15) is 0 Å². The summed E-state index contributed by atoms with van der Waals surface area (Å²) in [4.78, 5) is 5.11. The topological polar surface area (TPSA) is 27.7 Å². The summed E-state index contributed by atoms with van der Waals surface area (Å²) in [6, 6.07) is 9.27. The van der Waals surface area contributed by atoms with Gasteiger partial charge in [0.05, 0.1) is 13.2 Å². The van der Waals surface area contributed by atoms with Gasteiger partial charge in [0.2, 0.25) is 0 Å². The van der Waals surface area contributed by atoms with Gasteiger partial charge in [-0.2, -0.15) is 0 Å². The fraction of sp³-hybridized carbons (Fsp3) is 0.684. The van der Waals surface area contributed by atoms with Gasteiger partial charge < -0.3 is 10.1 Å². The van der Waals surface area contributed by atoms with E-state index in [2.05, 4.69) is 39.4 Å². The lowest BCUT2D eigenvalue weighted by molar-refractivity contribution is 0.0342. The van der Waals surface area contributed by atoms with Crippen molar-refractivity contribution in [3.05, 3.63) is 35.4 Å². The van der Waals surface area contributed by atoms with E-state index in [1.165, 1.54) is 50.1 Å². The first-order valence-electron chi connectivity index (χ1n) is 9.12. The number of piperidine rings is 1. The fourth-order valence-corrected chi connectivity index (χ4v) is 4.04. The van der Waals surface area contributed by atoms with E-state index in [-0.39, 0.29) is 0 Å². The molecule has 0 unspecified atom stereocenters. The van der Waals surface area contributed by atoms with Crippen LogP contribution in [0.3, 0.4) is 0 Å². The van der Waals surface area contributed by atoms with Gasteiger partial charge in [-0.25, -0.2) is 0 Å². The molecule has 4 heteroatoms. The second-order valence-corrected chi connectivity index (χ2v) is 7.58. The molecule has 1 aromatic carbocycles. The van der Waals surface area contributed by atoms with Crippen LogP contribution in [0.4, 0.5) is 0 Å². The second-order valence-electron chi connectivity index (χ2n) is 7.58. The van der Waals surface area contributed by atoms with Gasteiger partial charge in [0.1, 0.15) is 0 Å². The number of nitrogens with zero attached hydrogens (tertiary/aromatic N) is 2. The summed E-state index contributed by atoms with van der Waals surface area (Å²) in [5, 5.41) is 3.45. The Morgan fingerprint density at radius 3 is 1.83 bits per heavy atom. The normalized spacial score (nSPS) is 25.4. The molecule has 126 valence electrons. The largest absolute Gasteiger partial charge is 0.379 e. The first-order valence-corrected chi connectivity index (χ1v) is 9.12. The minimum atomic E-state index is 0.651. The molecule has 0 aromatic heterocycles. The number of nitrogens with one attached hydrogen (secondary N) is 1. The van der Waals surface area contributed by atoms with Gasteiger partial charge >= 0.3 is 0 Å². The molecule has 4 nitrogen and oxygen atoms in total. The van der Waals surface area contributed by atoms with Crippen molar-refractivity contribution in [3.63, 3.8) is 0 Å². The first-order chi connectivity index (χ1) is 11.3. The molecule has 3 aliphatic rings. The van der Waals surface area contributed by atoms with Gasteiger partial charge in [0.25, 0.3) is 0 Å². The monoisotopic (exact) mass is 315 g/mol. The van der Waals surface area contributed by atoms with Crippen molar-refractivity contribution in [1.82, 2.24) is 15.1 Å². The third-order valence-corrected chi connectivity index (χ3v) is 5.86. The lowest BCUT2D eigenvalue weighted by Crippen LogP contribution is -2.58. The van der Waals surface area contributed by atoms with Crippen LogP contribution in [-0.4, -0.2) is 62.3 Å². The Bertz CT molecular complexity index is 496. The van der Waals surface area contributed by atoms with Crippen molar-refractivity contribution in [2.75, 3.05) is 52.5 Å². The molecule has 3 heterocycles. The molecule has 1 N–H and O–H groups in total. The summed E-state index contributed by atoms with van der Waals surface area (Å²) in [6.07, 6.45) is 2.74. The molecule has 1 spiro atoms. The van der Waals surface area contributed by atoms with Crippen molar-refractivity contribution in [3.8, 4) is 0 Å². The molecule has 23 heavy (non-hydrogen) atoms. The van der Waals surface area contributed by atoms with Crippen LogP contribution in [0.15, 0.2) is 24.3 Å². The predicted octanol–water partition coefficient (Wildman–Crippen LogP) is 1.70. The maximum atomic E-state index is 5.42. The van der Waals surface area contributed by atoms with Crippen molar-refractivity contribution in [1.29, 1.82) is 0 Å². The zero-order valence-electron chi connectivity index (χ0n) is 14.1. The Labute approximate surface area is 139 Å². The standard InChI is InChI=1S/C19H29N3O/c1-3-18(14-22-9-11-23-12-10-22)4-2-17(1)13-21-7-5-19(6-8-21)15-20-16-19/h1-4,20H,5-16H2. The number of benzene rings is 1. The third-order valence-electron chi connectivity index (χ3n) is 5.86. The summed E-state index contributed by atoms with van der Waals surface area (Å²) in [7, 11) is 0. The Morgan fingerprint density at radius 2 is 1.35 bits per heavy atom. The molecule has 0 radical (unpaired) electrons. The molecule has 0 aliphatic carbocycles. The molecule has 0 bridgehead atoms. The van der Waals surface area contributed by atoms with Crippen LogP contribution in [-0.2, 0) is 17.8 Å². The molecule has 4 rings (SSSR count). The van der Waals surface area contributed by atoms with E-state index in [4.69, 9.17) is 4.74 Å². The van der Waals surface area contributed by atoms with Gasteiger partial charge in [-0.15, -0.1) is 0 Å². The summed E-state index contributed by atoms with van der Waals surface area (Å²) in [5.41, 5.74) is 3.53. The van der Waals surface area contributed by atoms with Crippen LogP contribution in [0, 0.1) is 5.41 Å². The van der Waals surface area contributed by atoms with Crippen LogP contribution in [0.2, 0.25) is 0 Å². The molecule has 0 amide bonds. The van der Waals surface area contributed by atoms with Crippen LogP contribution in [0.1, 0.15) is 24.0 Å². The van der Waals surface area contributed by atoms with Crippen LogP contribution >= 0.6 is 0 Å². The average molecular weight is 315 g/mol. The fourth-order valence-electron chi connectivity index (χ4n) is 4.04. The Hall–Kier alpha value is -0.940. The van der Waals surface area contributed by atoms with Crippen molar-refractivity contribution in [2.45, 2.75) is 25.9 Å². The predicted molar refractivity (Wildman–Crippen MR) is 92.4 cm³/mol. The van der Waals surface area contributed by atoms with Crippen LogP contribution in [0.5, 0.6) is 0 Å². The third kappa shape index (κ3) is 3.77. The molecule has 0 atom stereocenters. The molecule has 0 saturated carbocycles. The summed E-state index contributed by atoms with van der Waals surface area (Å²) >= 11 is 0. The molecule has 3 saturated heterocycles. The SMILES string of the molecule is c1cc(CN2CCC3(CC2)CNC3)ccc1CN1CCOCC1. The van der Waals surface area contributed by atoms with Crippen molar-refractivity contribution >= 4 is 0 Å². The molecular weight excluding hydrogens is 286 g/mol. The zero-order valence-corrected chi connectivity index (χ0v) is 14.1. The van der Waals surface area contributed by atoms with E-state index in [1.54, 1.807) is 0 Å². The smallest absolute Gasteiger partial charge is 0.0594 e. The van der Waals surface area contributed by atoms with Crippen molar-refractivity contribution < 1.29 is 4.74 Å². The lowest BCUT2D eigenvalue weighted by Gasteiger charge is -2.48. The van der Waals surface area contributed by atoms with E-state index in [0.717, 1.165) is 39.4 Å². The van der Waals surface area contributed by atoms with Gasteiger partial charge in [0.15, 0.2) is 0 Å². The number of ether oxygens (including phenoxy) is 1. The number of morpholine rings is 1. The van der Waals surface area contributed by atoms with Crippen LogP contribution in [0.25, 0.3) is 0 Å². The minimum Gasteiger partial charge on any atom is -0.379 e. The maximum absolute atomic E-state index is 5.42. The molecule has 3 aliphatic heterocycles. The zero-order chi connectivity index (χ0) is 15.5. The van der Waals surface area contributed by atoms with Gasteiger partial charge in [0, 0.05) is 39.3 Å². The highest BCUT2D eigenvalue weighted by atomic mass is 16.5. The second kappa shape index (κ2) is 6.89. The van der Waals surface area contributed by atoms with Gasteiger partial charge in [-0.1, -0.05) is 24.3 Å². The van der Waals surface area contributed by atoms with E-state index >= 15 is 0 Å². The van der Waals surface area contributed by atoms with Crippen LogP contribution < -0.4 is 5.32 Å². The summed E-state index contributed by atoms with van der Waals surface area (Å²) < 4.78 is 5.42. The number of likely N-dealkylation sites (tertiary alicyclic amines) is 1. The van der Waals surface area contributed by atoms with E-state index in [0.29, 0.717) is 5.41 Å².